The highest BCUT2D eigenvalue weighted by atomic mass is 32.1. The number of hydrogen-bond donors (Lipinski definition) is 2. The van der Waals surface area contributed by atoms with E-state index in [1.165, 1.54) is 0 Å². The van der Waals surface area contributed by atoms with Crippen LogP contribution in [0.4, 0.5) is 5.82 Å². The Bertz CT molecular complexity index is 653. The highest BCUT2D eigenvalue weighted by molar-refractivity contribution is 7.80. The molecular weight excluding hydrogens is 282 g/mol. The van der Waals surface area contributed by atoms with Crippen LogP contribution in [0.3, 0.4) is 0 Å². The monoisotopic (exact) mass is 301 g/mol. The first kappa shape index (κ1) is 14.2. The number of hydrogen-bond acceptors (Lipinski definition) is 4. The predicted octanol–water partition coefficient (Wildman–Crippen LogP) is 2.71. The minimum absolute atomic E-state index is 0.404. The van der Waals surface area contributed by atoms with Gasteiger partial charge in [0.1, 0.15) is 10.8 Å². The van der Waals surface area contributed by atoms with E-state index in [1.807, 2.05) is 30.3 Å². The number of fused-ring (bicyclic) bond motifs is 1. The topological polar surface area (TPSA) is 60.2 Å². The summed E-state index contributed by atoms with van der Waals surface area (Å²) < 4.78 is 5.39. The van der Waals surface area contributed by atoms with Crippen LogP contribution < -0.4 is 11.1 Å². The van der Waals surface area contributed by atoms with Gasteiger partial charge in [0, 0.05) is 30.7 Å². The lowest BCUT2D eigenvalue weighted by Crippen LogP contribution is -2.13. The van der Waals surface area contributed by atoms with Gasteiger partial charge < -0.3 is 15.8 Å². The SMILES string of the molecule is NC(=S)c1cc(NCCC2CCOC2)nc2ccccc12. The Morgan fingerprint density at radius 3 is 3.05 bits per heavy atom. The quantitative estimate of drug-likeness (QED) is 0.832. The Morgan fingerprint density at radius 2 is 2.29 bits per heavy atom. The highest BCUT2D eigenvalue weighted by Crippen LogP contribution is 2.21. The van der Waals surface area contributed by atoms with Gasteiger partial charge in [0.15, 0.2) is 0 Å². The van der Waals surface area contributed by atoms with Crippen LogP contribution in [0.2, 0.25) is 0 Å². The number of aromatic nitrogens is 1. The van der Waals surface area contributed by atoms with E-state index in [1.54, 1.807) is 0 Å². The van der Waals surface area contributed by atoms with Crippen LogP contribution in [0.1, 0.15) is 18.4 Å². The van der Waals surface area contributed by atoms with Crippen molar-refractivity contribution in [1.29, 1.82) is 0 Å². The summed E-state index contributed by atoms with van der Waals surface area (Å²) in [5, 5.41) is 4.38. The predicted molar refractivity (Wildman–Crippen MR) is 89.7 cm³/mol. The zero-order chi connectivity index (χ0) is 14.7. The van der Waals surface area contributed by atoms with E-state index in [-0.39, 0.29) is 0 Å². The molecule has 2 heterocycles. The molecule has 21 heavy (non-hydrogen) atoms. The van der Waals surface area contributed by atoms with Gasteiger partial charge in [0.2, 0.25) is 0 Å². The maximum atomic E-state index is 5.84. The number of nitrogens with two attached hydrogens (primary N) is 1. The van der Waals surface area contributed by atoms with E-state index in [9.17, 15) is 0 Å². The van der Waals surface area contributed by atoms with E-state index >= 15 is 0 Å². The van der Waals surface area contributed by atoms with Gasteiger partial charge in [-0.1, -0.05) is 30.4 Å². The second-order valence-corrected chi connectivity index (χ2v) is 5.82. The average Bonchev–Trinajstić information content (AvgIpc) is 2.99. The number of anilines is 1. The van der Waals surface area contributed by atoms with E-state index in [0.717, 1.165) is 54.9 Å². The molecule has 0 spiro atoms. The number of nitrogens with zero attached hydrogens (tertiary/aromatic N) is 1. The standard InChI is InChI=1S/C16H19N3OS/c17-16(21)13-9-15(18-7-5-11-6-8-20-10-11)19-14-4-2-1-3-12(13)14/h1-4,9,11H,5-8,10H2,(H2,17,21)(H,18,19). The minimum atomic E-state index is 0.404. The number of rotatable bonds is 5. The van der Waals surface area contributed by atoms with Crippen LogP contribution in [0.25, 0.3) is 10.9 Å². The number of thiocarbonyl (C=S) groups is 1. The number of benzene rings is 1. The second kappa shape index (κ2) is 6.37. The summed E-state index contributed by atoms with van der Waals surface area (Å²) >= 11 is 5.15. The zero-order valence-corrected chi connectivity index (χ0v) is 12.7. The maximum absolute atomic E-state index is 5.84. The normalized spacial score (nSPS) is 18.0. The van der Waals surface area contributed by atoms with Gasteiger partial charge in [0.25, 0.3) is 0 Å². The molecular formula is C16H19N3OS. The molecule has 1 aromatic heterocycles. The first-order chi connectivity index (χ1) is 10.2. The van der Waals surface area contributed by atoms with Crippen molar-refractivity contribution in [1.82, 2.24) is 4.98 Å². The van der Waals surface area contributed by atoms with E-state index in [0.29, 0.717) is 10.9 Å². The fourth-order valence-corrected chi connectivity index (χ4v) is 2.85. The molecule has 1 aliphatic heterocycles. The number of ether oxygens (including phenoxy) is 1. The molecule has 1 atom stereocenters. The van der Waals surface area contributed by atoms with Crippen molar-refractivity contribution < 1.29 is 4.74 Å². The molecule has 0 amide bonds. The van der Waals surface area contributed by atoms with E-state index in [2.05, 4.69) is 10.3 Å². The molecule has 1 fully saturated rings. The lowest BCUT2D eigenvalue weighted by molar-refractivity contribution is 0.185. The largest absolute Gasteiger partial charge is 0.389 e. The Kier molecular flexibility index (Phi) is 4.31. The molecule has 1 aliphatic rings. The van der Waals surface area contributed by atoms with E-state index in [4.69, 9.17) is 22.7 Å². The summed E-state index contributed by atoms with van der Waals surface area (Å²) in [7, 11) is 0. The van der Waals surface area contributed by atoms with Crippen LogP contribution in [0.15, 0.2) is 30.3 Å². The molecule has 0 aliphatic carbocycles. The van der Waals surface area contributed by atoms with E-state index < -0.39 is 0 Å². The third-order valence-corrected chi connectivity index (χ3v) is 4.08. The van der Waals surface area contributed by atoms with Crippen molar-refractivity contribution in [2.45, 2.75) is 12.8 Å². The summed E-state index contributed by atoms with van der Waals surface area (Å²) in [5.41, 5.74) is 7.63. The molecule has 4 nitrogen and oxygen atoms in total. The average molecular weight is 301 g/mol. The molecule has 3 N–H and O–H groups in total. The van der Waals surface area contributed by atoms with Gasteiger partial charge in [-0.3, -0.25) is 0 Å². The van der Waals surface area contributed by atoms with Crippen LogP contribution in [0.5, 0.6) is 0 Å². The molecule has 3 rings (SSSR count). The number of pyridine rings is 1. The molecule has 5 heteroatoms. The van der Waals surface area contributed by atoms with Crippen molar-refractivity contribution in [2.24, 2.45) is 11.7 Å². The molecule has 0 saturated carbocycles. The molecule has 0 bridgehead atoms. The smallest absolute Gasteiger partial charge is 0.127 e. The zero-order valence-electron chi connectivity index (χ0n) is 11.8. The van der Waals surface area contributed by atoms with Gasteiger partial charge in [0.05, 0.1) is 5.52 Å². The third-order valence-electron chi connectivity index (χ3n) is 3.86. The fourth-order valence-electron chi connectivity index (χ4n) is 2.69. The molecule has 1 unspecified atom stereocenters. The second-order valence-electron chi connectivity index (χ2n) is 5.38. The minimum Gasteiger partial charge on any atom is -0.389 e. The first-order valence-corrected chi connectivity index (χ1v) is 7.66. The lowest BCUT2D eigenvalue weighted by atomic mass is 10.1. The number of nitrogens with one attached hydrogen (secondary N) is 1. The number of para-hydroxylation sites is 1. The lowest BCUT2D eigenvalue weighted by Gasteiger charge is -2.12. The molecule has 1 saturated heterocycles. The maximum Gasteiger partial charge on any atom is 0.127 e. The Hall–Kier alpha value is -1.72. The highest BCUT2D eigenvalue weighted by Gasteiger charge is 2.15. The Labute approximate surface area is 129 Å². The van der Waals surface area contributed by atoms with Crippen LogP contribution in [-0.4, -0.2) is 29.7 Å². The summed E-state index contributed by atoms with van der Waals surface area (Å²) in [6.07, 6.45) is 2.25. The molecule has 2 aromatic rings. The van der Waals surface area contributed by atoms with Crippen molar-refractivity contribution in [3.05, 3.63) is 35.9 Å². The van der Waals surface area contributed by atoms with Gasteiger partial charge in [-0.25, -0.2) is 4.98 Å². The fraction of sp³-hybridized carbons (Fsp3) is 0.375. The Balaban J connectivity index is 1.76. The summed E-state index contributed by atoms with van der Waals surface area (Å²) in [6, 6.07) is 9.86. The van der Waals surface area contributed by atoms with Crippen molar-refractivity contribution in [3.63, 3.8) is 0 Å². The summed E-state index contributed by atoms with van der Waals surface area (Å²) in [4.78, 5) is 5.03. The van der Waals surface area contributed by atoms with Gasteiger partial charge in [-0.15, -0.1) is 0 Å². The van der Waals surface area contributed by atoms with Crippen molar-refractivity contribution in [3.8, 4) is 0 Å². The molecule has 1 aromatic carbocycles. The van der Waals surface area contributed by atoms with Crippen molar-refractivity contribution in [2.75, 3.05) is 25.1 Å². The molecule has 110 valence electrons. The first-order valence-electron chi connectivity index (χ1n) is 7.25. The Morgan fingerprint density at radius 1 is 1.43 bits per heavy atom. The van der Waals surface area contributed by atoms with Crippen LogP contribution in [0, 0.1) is 5.92 Å². The summed E-state index contributed by atoms with van der Waals surface area (Å²) in [6.45, 7) is 2.66. The third kappa shape index (κ3) is 3.31. The van der Waals surface area contributed by atoms with Gasteiger partial charge in [-0.2, -0.15) is 0 Å². The van der Waals surface area contributed by atoms with Crippen molar-refractivity contribution >= 4 is 33.9 Å². The molecule has 0 radical (unpaired) electrons. The summed E-state index contributed by atoms with van der Waals surface area (Å²) in [5.74, 6) is 1.49. The van der Waals surface area contributed by atoms with Crippen LogP contribution in [-0.2, 0) is 4.74 Å². The van der Waals surface area contributed by atoms with Gasteiger partial charge in [-0.05, 0) is 30.9 Å². The van der Waals surface area contributed by atoms with Gasteiger partial charge >= 0.3 is 0 Å². The van der Waals surface area contributed by atoms with Crippen LogP contribution >= 0.6 is 12.2 Å².